The Morgan fingerprint density at radius 3 is 2.70 bits per heavy atom. The number of likely N-dealkylation sites (tertiary alicyclic amines) is 1. The van der Waals surface area contributed by atoms with Crippen molar-refractivity contribution in [2.75, 3.05) is 13.1 Å². The molecule has 1 fully saturated rings. The third kappa shape index (κ3) is 3.30. The summed E-state index contributed by atoms with van der Waals surface area (Å²) in [6.45, 7) is 0.0924. The molecule has 5 rings (SSSR count). The van der Waals surface area contributed by atoms with Gasteiger partial charge >= 0.3 is 0 Å². The van der Waals surface area contributed by atoms with Gasteiger partial charge in [0.05, 0.1) is 17.4 Å². The van der Waals surface area contributed by atoms with E-state index in [2.05, 4.69) is 25.1 Å². The van der Waals surface area contributed by atoms with E-state index in [1.807, 2.05) is 22.9 Å². The Balaban J connectivity index is 1.44. The second-order valence-electron chi connectivity index (χ2n) is 7.23. The van der Waals surface area contributed by atoms with E-state index in [-0.39, 0.29) is 31.8 Å². The summed E-state index contributed by atoms with van der Waals surface area (Å²) in [6, 6.07) is 5.48. The first-order valence-corrected chi connectivity index (χ1v) is 9.46. The van der Waals surface area contributed by atoms with E-state index >= 15 is 0 Å². The number of carbonyl (C=O) groups is 1. The summed E-state index contributed by atoms with van der Waals surface area (Å²) in [5.41, 5.74) is 2.57. The highest BCUT2D eigenvalue weighted by Crippen LogP contribution is 2.29. The van der Waals surface area contributed by atoms with Crippen LogP contribution in [0.5, 0.6) is 0 Å². The molecule has 0 bridgehead atoms. The largest absolute Gasteiger partial charge is 0.338 e. The van der Waals surface area contributed by atoms with Crippen molar-refractivity contribution in [3.63, 3.8) is 0 Å². The fourth-order valence-corrected chi connectivity index (χ4v) is 3.60. The summed E-state index contributed by atoms with van der Waals surface area (Å²) >= 11 is 0. The van der Waals surface area contributed by atoms with Crippen LogP contribution < -0.4 is 0 Å². The Kier molecular flexibility index (Phi) is 4.27. The van der Waals surface area contributed by atoms with Crippen LogP contribution in [-0.2, 0) is 0 Å². The Bertz CT molecular complexity index is 1210. The summed E-state index contributed by atoms with van der Waals surface area (Å²) in [4.78, 5) is 27.0. The molecule has 0 unspecified atom stereocenters. The average Bonchev–Trinajstić information content (AvgIpc) is 3.43. The highest BCUT2D eigenvalue weighted by molar-refractivity contribution is 5.97. The van der Waals surface area contributed by atoms with Crippen LogP contribution in [0.25, 0.3) is 28.1 Å². The smallest absolute Gasteiger partial charge is 0.255 e. The number of alkyl halides is 2. The molecule has 4 aromatic heterocycles. The fourth-order valence-electron chi connectivity index (χ4n) is 3.60. The molecule has 1 amide bonds. The molecule has 0 spiro atoms. The number of nitrogens with zero attached hydrogens (tertiary/aromatic N) is 6. The highest BCUT2D eigenvalue weighted by atomic mass is 19.3. The second-order valence-corrected chi connectivity index (χ2v) is 7.23. The molecular weight excluding hydrogens is 392 g/mol. The van der Waals surface area contributed by atoms with E-state index in [1.54, 1.807) is 18.5 Å². The minimum Gasteiger partial charge on any atom is -0.338 e. The fraction of sp³-hybridized carbons (Fsp3) is 0.250. The van der Waals surface area contributed by atoms with Gasteiger partial charge in [0, 0.05) is 55.5 Å². The van der Waals surface area contributed by atoms with Gasteiger partial charge in [-0.15, -0.1) is 0 Å². The molecule has 0 aliphatic carbocycles. The van der Waals surface area contributed by atoms with Gasteiger partial charge in [-0.3, -0.25) is 19.4 Å². The number of amides is 1. The van der Waals surface area contributed by atoms with Crippen molar-refractivity contribution >= 4 is 16.9 Å². The number of aromatic amines is 1. The molecule has 4 aromatic rings. The molecule has 8 nitrogen and oxygen atoms in total. The first-order chi connectivity index (χ1) is 14.5. The molecule has 1 saturated heterocycles. The Hall–Kier alpha value is -3.69. The van der Waals surface area contributed by atoms with E-state index in [0.29, 0.717) is 17.0 Å². The maximum absolute atomic E-state index is 13.4. The number of nitrogens with one attached hydrogen (secondary N) is 1. The van der Waals surface area contributed by atoms with Gasteiger partial charge in [-0.25, -0.2) is 18.7 Å². The second kappa shape index (κ2) is 6.97. The van der Waals surface area contributed by atoms with Gasteiger partial charge in [0.25, 0.3) is 11.8 Å². The average molecular weight is 409 g/mol. The monoisotopic (exact) mass is 409 g/mol. The third-order valence-electron chi connectivity index (χ3n) is 5.23. The Morgan fingerprint density at radius 1 is 1.10 bits per heavy atom. The predicted octanol–water partition coefficient (Wildman–Crippen LogP) is 3.08. The molecule has 10 heteroatoms. The van der Waals surface area contributed by atoms with Crippen LogP contribution in [0, 0.1) is 0 Å². The standard InChI is InChI=1S/C20H17F2N7O/c21-20(22)2-5-28(6-3-20)19(30)15-7-13-1-4-29(18(13)24-10-15)16-8-14(9-23-11-16)17-25-12-26-27-17/h1,4,7-12H,2-3,5-6H2,(H,25,26,27). The third-order valence-corrected chi connectivity index (χ3v) is 5.23. The summed E-state index contributed by atoms with van der Waals surface area (Å²) in [5.74, 6) is -2.43. The lowest BCUT2D eigenvalue weighted by molar-refractivity contribution is -0.0494. The van der Waals surface area contributed by atoms with Crippen molar-refractivity contribution in [3.8, 4) is 17.1 Å². The van der Waals surface area contributed by atoms with Gasteiger partial charge < -0.3 is 4.90 Å². The Labute approximate surface area is 169 Å². The molecule has 0 aromatic carbocycles. The predicted molar refractivity (Wildman–Crippen MR) is 104 cm³/mol. The molecule has 0 saturated carbocycles. The van der Waals surface area contributed by atoms with Crippen LogP contribution in [0.4, 0.5) is 8.78 Å². The van der Waals surface area contributed by atoms with Crippen molar-refractivity contribution < 1.29 is 13.6 Å². The molecule has 5 heterocycles. The highest BCUT2D eigenvalue weighted by Gasteiger charge is 2.35. The van der Waals surface area contributed by atoms with E-state index in [4.69, 9.17) is 0 Å². The van der Waals surface area contributed by atoms with Crippen LogP contribution in [0.1, 0.15) is 23.2 Å². The molecule has 0 atom stereocenters. The number of piperidine rings is 1. The van der Waals surface area contributed by atoms with Crippen LogP contribution in [0.3, 0.4) is 0 Å². The number of hydrogen-bond acceptors (Lipinski definition) is 5. The molecule has 0 radical (unpaired) electrons. The summed E-state index contributed by atoms with van der Waals surface area (Å²) in [6.07, 6.45) is 7.58. The van der Waals surface area contributed by atoms with E-state index < -0.39 is 5.92 Å². The first kappa shape index (κ1) is 18.3. The van der Waals surface area contributed by atoms with Crippen molar-refractivity contribution in [2.45, 2.75) is 18.8 Å². The molecule has 1 aliphatic rings. The summed E-state index contributed by atoms with van der Waals surface area (Å²) < 4.78 is 28.6. The number of hydrogen-bond donors (Lipinski definition) is 1. The zero-order valence-corrected chi connectivity index (χ0v) is 15.8. The lowest BCUT2D eigenvalue weighted by Gasteiger charge is -2.31. The van der Waals surface area contributed by atoms with Crippen LogP contribution in [0.15, 0.2) is 49.3 Å². The number of carbonyl (C=O) groups excluding carboxylic acids is 1. The van der Waals surface area contributed by atoms with Crippen molar-refractivity contribution in [2.24, 2.45) is 0 Å². The van der Waals surface area contributed by atoms with E-state index in [1.165, 1.54) is 17.4 Å². The van der Waals surface area contributed by atoms with Gasteiger partial charge in [0.15, 0.2) is 5.82 Å². The zero-order valence-electron chi connectivity index (χ0n) is 15.8. The first-order valence-electron chi connectivity index (χ1n) is 9.46. The van der Waals surface area contributed by atoms with Crippen LogP contribution >= 0.6 is 0 Å². The maximum atomic E-state index is 13.4. The lowest BCUT2D eigenvalue weighted by Crippen LogP contribution is -2.42. The van der Waals surface area contributed by atoms with Crippen LogP contribution in [0.2, 0.25) is 0 Å². The van der Waals surface area contributed by atoms with Gasteiger partial charge in [-0.05, 0) is 18.2 Å². The SMILES string of the molecule is O=C(c1cnc2c(ccn2-c2cncc(-c3nc[nH]n3)c2)c1)N1CCC(F)(F)CC1. The number of pyridine rings is 2. The molecule has 152 valence electrons. The van der Waals surface area contributed by atoms with Gasteiger partial charge in [0.1, 0.15) is 12.0 Å². The van der Waals surface area contributed by atoms with Gasteiger partial charge in [-0.1, -0.05) is 0 Å². The lowest BCUT2D eigenvalue weighted by atomic mass is 10.1. The molecule has 1 N–H and O–H groups in total. The van der Waals surface area contributed by atoms with Crippen molar-refractivity contribution in [3.05, 3.63) is 54.9 Å². The van der Waals surface area contributed by atoms with Crippen molar-refractivity contribution in [1.82, 2.24) is 34.6 Å². The normalized spacial score (nSPS) is 16.1. The minimum absolute atomic E-state index is 0.0462. The van der Waals surface area contributed by atoms with E-state index in [0.717, 1.165) is 16.6 Å². The summed E-state index contributed by atoms with van der Waals surface area (Å²) in [5, 5.41) is 7.51. The summed E-state index contributed by atoms with van der Waals surface area (Å²) in [7, 11) is 0. The number of halogens is 2. The Morgan fingerprint density at radius 2 is 1.93 bits per heavy atom. The van der Waals surface area contributed by atoms with Crippen molar-refractivity contribution in [1.29, 1.82) is 0 Å². The number of fused-ring (bicyclic) bond motifs is 1. The zero-order chi connectivity index (χ0) is 20.7. The number of aromatic nitrogens is 6. The number of rotatable bonds is 3. The van der Waals surface area contributed by atoms with Crippen LogP contribution in [-0.4, -0.2) is 59.5 Å². The minimum atomic E-state index is -2.69. The van der Waals surface area contributed by atoms with Gasteiger partial charge in [0.2, 0.25) is 0 Å². The maximum Gasteiger partial charge on any atom is 0.255 e. The van der Waals surface area contributed by atoms with E-state index in [9.17, 15) is 13.6 Å². The van der Waals surface area contributed by atoms with Gasteiger partial charge in [-0.2, -0.15) is 5.10 Å². The molecule has 1 aliphatic heterocycles. The quantitative estimate of drug-likeness (QED) is 0.561. The topological polar surface area (TPSA) is 92.6 Å². The molecule has 30 heavy (non-hydrogen) atoms. The number of H-pyrrole nitrogens is 1. The molecular formula is C20H17F2N7O.